The van der Waals surface area contributed by atoms with Crippen molar-refractivity contribution in [3.63, 3.8) is 0 Å². The molecule has 0 spiro atoms. The highest BCUT2D eigenvalue weighted by Gasteiger charge is 2.23. The molecule has 0 amide bonds. The molecule has 1 aromatic rings. The lowest BCUT2D eigenvalue weighted by atomic mass is 10.1. The highest BCUT2D eigenvalue weighted by atomic mass is 79.9. The van der Waals surface area contributed by atoms with Gasteiger partial charge in [0.1, 0.15) is 0 Å². The van der Waals surface area contributed by atoms with E-state index in [1.807, 2.05) is 11.6 Å². The van der Waals surface area contributed by atoms with E-state index in [4.69, 9.17) is 23.2 Å². The highest BCUT2D eigenvalue weighted by Crippen LogP contribution is 2.23. The molecule has 1 N–H and O–H groups in total. The molecule has 0 fully saturated rings. The van der Waals surface area contributed by atoms with Crippen molar-refractivity contribution in [3.05, 3.63) is 15.9 Å². The van der Waals surface area contributed by atoms with Gasteiger partial charge in [-0.25, -0.2) is 0 Å². The Balaban J connectivity index is 2.87. The lowest BCUT2D eigenvalue weighted by Gasteiger charge is -2.26. The second-order valence-electron chi connectivity index (χ2n) is 4.56. The van der Waals surface area contributed by atoms with E-state index in [0.717, 1.165) is 28.8 Å². The van der Waals surface area contributed by atoms with Gasteiger partial charge >= 0.3 is 0 Å². The van der Waals surface area contributed by atoms with Crippen molar-refractivity contribution in [3.8, 4) is 0 Å². The number of nitrogens with zero attached hydrogens (tertiary/aromatic N) is 2. The quantitative estimate of drug-likeness (QED) is 0.757. The van der Waals surface area contributed by atoms with Gasteiger partial charge in [0.2, 0.25) is 0 Å². The van der Waals surface area contributed by atoms with Crippen LogP contribution in [0.2, 0.25) is 0 Å². The average molecular weight is 357 g/mol. The number of alkyl halides is 2. The number of rotatable bonds is 7. The Morgan fingerprint density at radius 1 is 1.33 bits per heavy atom. The van der Waals surface area contributed by atoms with E-state index in [0.29, 0.717) is 18.3 Å². The lowest BCUT2D eigenvalue weighted by Crippen LogP contribution is -2.45. The van der Waals surface area contributed by atoms with E-state index in [9.17, 15) is 0 Å². The van der Waals surface area contributed by atoms with Gasteiger partial charge in [0.25, 0.3) is 0 Å². The molecule has 3 nitrogen and oxygen atoms in total. The van der Waals surface area contributed by atoms with E-state index in [-0.39, 0.29) is 5.54 Å². The van der Waals surface area contributed by atoms with Crippen LogP contribution in [0.1, 0.15) is 32.2 Å². The predicted molar refractivity (Wildman–Crippen MR) is 81.7 cm³/mol. The van der Waals surface area contributed by atoms with Gasteiger partial charge in [0.05, 0.1) is 15.9 Å². The molecular formula is C12H20BrCl2N3. The van der Waals surface area contributed by atoms with Gasteiger partial charge in [-0.2, -0.15) is 5.10 Å². The fourth-order valence-corrected chi connectivity index (χ4v) is 2.79. The van der Waals surface area contributed by atoms with Crippen molar-refractivity contribution in [2.75, 3.05) is 11.8 Å². The van der Waals surface area contributed by atoms with Crippen LogP contribution >= 0.6 is 39.1 Å². The normalized spacial score (nSPS) is 12.1. The molecule has 6 heteroatoms. The maximum absolute atomic E-state index is 5.94. The van der Waals surface area contributed by atoms with Gasteiger partial charge in [0.15, 0.2) is 0 Å². The summed E-state index contributed by atoms with van der Waals surface area (Å²) in [4.78, 5) is 0. The van der Waals surface area contributed by atoms with Crippen LogP contribution in [0.15, 0.2) is 4.47 Å². The topological polar surface area (TPSA) is 29.9 Å². The van der Waals surface area contributed by atoms with Crippen molar-refractivity contribution < 1.29 is 0 Å². The number of hydrogen-bond donors (Lipinski definition) is 1. The Kier molecular flexibility index (Phi) is 6.45. The van der Waals surface area contributed by atoms with Crippen molar-refractivity contribution >= 4 is 39.1 Å². The summed E-state index contributed by atoms with van der Waals surface area (Å²) in [6.45, 7) is 7.77. The maximum Gasteiger partial charge on any atom is 0.0767 e. The summed E-state index contributed by atoms with van der Waals surface area (Å²) in [7, 11) is 0. The molecule has 0 saturated carbocycles. The van der Waals surface area contributed by atoms with Crippen LogP contribution in [0.25, 0.3) is 0 Å². The molecule has 0 aliphatic heterocycles. The van der Waals surface area contributed by atoms with Crippen LogP contribution in [0.3, 0.4) is 0 Å². The van der Waals surface area contributed by atoms with Crippen LogP contribution < -0.4 is 5.32 Å². The first kappa shape index (κ1) is 16.3. The van der Waals surface area contributed by atoms with Gasteiger partial charge in [-0.1, -0.05) is 6.92 Å². The Labute approximate surface area is 127 Å². The fraction of sp³-hybridized carbons (Fsp3) is 0.750. The minimum Gasteiger partial charge on any atom is -0.304 e. The van der Waals surface area contributed by atoms with Crippen LogP contribution in [-0.4, -0.2) is 27.1 Å². The zero-order valence-corrected chi connectivity index (χ0v) is 14.2. The zero-order chi connectivity index (χ0) is 13.8. The fourth-order valence-electron chi connectivity index (χ4n) is 1.61. The summed E-state index contributed by atoms with van der Waals surface area (Å²) >= 11 is 15.5. The number of aromatic nitrogens is 2. The molecule has 0 atom stereocenters. The SMILES string of the molecule is CCc1nn(CC)c(CNC(C)(CCl)CCl)c1Br. The molecule has 1 rings (SSSR count). The van der Waals surface area contributed by atoms with Gasteiger partial charge in [-0.15, -0.1) is 23.2 Å². The lowest BCUT2D eigenvalue weighted by molar-refractivity contribution is 0.422. The number of hydrogen-bond acceptors (Lipinski definition) is 2. The molecule has 104 valence electrons. The largest absolute Gasteiger partial charge is 0.304 e. The minimum absolute atomic E-state index is 0.252. The Bertz CT molecular complexity index is 389. The summed E-state index contributed by atoms with van der Waals surface area (Å²) in [5.41, 5.74) is 1.99. The van der Waals surface area contributed by atoms with Crippen molar-refractivity contribution in [2.24, 2.45) is 0 Å². The minimum atomic E-state index is -0.252. The van der Waals surface area contributed by atoms with E-state index in [2.05, 4.69) is 40.2 Å². The van der Waals surface area contributed by atoms with Crippen molar-refractivity contribution in [1.82, 2.24) is 15.1 Å². The van der Waals surface area contributed by atoms with E-state index in [1.54, 1.807) is 0 Å². The van der Waals surface area contributed by atoms with Gasteiger partial charge in [-0.05, 0) is 36.2 Å². The van der Waals surface area contributed by atoms with Gasteiger partial charge in [-0.3, -0.25) is 4.68 Å². The van der Waals surface area contributed by atoms with Crippen LogP contribution in [-0.2, 0) is 19.5 Å². The first-order chi connectivity index (χ1) is 8.51. The van der Waals surface area contributed by atoms with E-state index >= 15 is 0 Å². The summed E-state index contributed by atoms with van der Waals surface area (Å²) in [6.07, 6.45) is 0.920. The molecule has 0 radical (unpaired) electrons. The molecule has 1 aromatic heterocycles. The Morgan fingerprint density at radius 3 is 2.39 bits per heavy atom. The van der Waals surface area contributed by atoms with Crippen LogP contribution in [0, 0.1) is 0 Å². The van der Waals surface area contributed by atoms with Crippen molar-refractivity contribution in [2.45, 2.75) is 45.8 Å². The third-order valence-electron chi connectivity index (χ3n) is 2.97. The molecule has 0 aliphatic carbocycles. The Morgan fingerprint density at radius 2 is 1.94 bits per heavy atom. The summed E-state index contributed by atoms with van der Waals surface area (Å²) < 4.78 is 3.10. The standard InChI is InChI=1S/C12H20BrCl2N3/c1-4-9-11(13)10(18(5-2)17-9)6-16-12(3,7-14)8-15/h16H,4-8H2,1-3H3. The maximum atomic E-state index is 5.94. The molecule has 18 heavy (non-hydrogen) atoms. The van der Waals surface area contributed by atoms with Gasteiger partial charge < -0.3 is 5.32 Å². The third kappa shape index (κ3) is 3.62. The molecule has 0 bridgehead atoms. The highest BCUT2D eigenvalue weighted by molar-refractivity contribution is 9.10. The van der Waals surface area contributed by atoms with Crippen molar-refractivity contribution in [1.29, 1.82) is 0 Å². The first-order valence-corrected chi connectivity index (χ1v) is 7.98. The zero-order valence-electron chi connectivity index (χ0n) is 11.1. The molecule has 0 saturated heterocycles. The molecule has 1 heterocycles. The van der Waals surface area contributed by atoms with Crippen LogP contribution in [0.5, 0.6) is 0 Å². The number of nitrogens with one attached hydrogen (secondary N) is 1. The molecule has 0 aromatic carbocycles. The molecule has 0 unspecified atom stereocenters. The number of halogens is 3. The monoisotopic (exact) mass is 355 g/mol. The molecular weight excluding hydrogens is 337 g/mol. The number of aryl methyl sites for hydroxylation is 2. The second kappa shape index (κ2) is 7.13. The Hall–Kier alpha value is 0.230. The summed E-state index contributed by atoms with van der Waals surface area (Å²) in [5, 5.41) is 7.97. The predicted octanol–water partition coefficient (Wildman–Crippen LogP) is 3.55. The summed E-state index contributed by atoms with van der Waals surface area (Å²) in [6, 6.07) is 0. The summed E-state index contributed by atoms with van der Waals surface area (Å²) in [5.74, 6) is 0.962. The van der Waals surface area contributed by atoms with E-state index in [1.165, 1.54) is 0 Å². The first-order valence-electron chi connectivity index (χ1n) is 6.12. The van der Waals surface area contributed by atoms with E-state index < -0.39 is 0 Å². The van der Waals surface area contributed by atoms with Gasteiger partial charge in [0, 0.05) is 30.4 Å². The third-order valence-corrected chi connectivity index (χ3v) is 5.06. The van der Waals surface area contributed by atoms with Crippen LogP contribution in [0.4, 0.5) is 0 Å². The average Bonchev–Trinajstić information content (AvgIpc) is 2.72. The smallest absolute Gasteiger partial charge is 0.0767 e. The second-order valence-corrected chi connectivity index (χ2v) is 5.89. The molecule has 0 aliphatic rings.